The minimum absolute atomic E-state index is 0.979. The molecule has 0 fully saturated rings. The van der Waals surface area contributed by atoms with Crippen molar-refractivity contribution in [3.05, 3.63) is 83.6 Å². The second-order valence-corrected chi connectivity index (χ2v) is 5.77. The van der Waals surface area contributed by atoms with Gasteiger partial charge in [0.25, 0.3) is 0 Å². The third kappa shape index (κ3) is 1.52. The molecule has 0 radical (unpaired) electrons. The van der Waals surface area contributed by atoms with Crippen LogP contribution >= 0.6 is 0 Å². The number of hydrogen-bond donors (Lipinski definition) is 1. The SMILES string of the molecule is C1=CC2=C3C=[NH+]c4ccccc4N3c3ccccc3C1=CC2. The summed E-state index contributed by atoms with van der Waals surface area (Å²) in [5, 5.41) is 0. The average Bonchev–Trinajstić information content (AvgIpc) is 2.59. The van der Waals surface area contributed by atoms with Crippen LogP contribution in [-0.2, 0) is 0 Å². The van der Waals surface area contributed by atoms with Crippen LogP contribution in [0.2, 0.25) is 0 Å². The normalized spacial score (nSPS) is 17.5. The van der Waals surface area contributed by atoms with Gasteiger partial charge in [0.05, 0.1) is 5.69 Å². The maximum atomic E-state index is 3.44. The van der Waals surface area contributed by atoms with Crippen LogP contribution in [0.15, 0.2) is 78.0 Å². The number of rotatable bonds is 0. The monoisotopic (exact) mass is 283 g/mol. The third-order valence-corrected chi connectivity index (χ3v) is 4.54. The first-order chi connectivity index (χ1) is 10.9. The van der Waals surface area contributed by atoms with Crippen molar-refractivity contribution in [1.82, 2.24) is 0 Å². The van der Waals surface area contributed by atoms with Crippen molar-refractivity contribution in [3.63, 3.8) is 0 Å². The van der Waals surface area contributed by atoms with E-state index in [2.05, 4.69) is 82.9 Å². The summed E-state index contributed by atoms with van der Waals surface area (Å²) >= 11 is 0. The molecule has 0 unspecified atom stereocenters. The predicted octanol–water partition coefficient (Wildman–Crippen LogP) is 3.23. The number of anilines is 2. The smallest absolute Gasteiger partial charge is 0.227 e. The van der Waals surface area contributed by atoms with E-state index >= 15 is 0 Å². The summed E-state index contributed by atoms with van der Waals surface area (Å²) in [5.74, 6) is 0. The highest BCUT2D eigenvalue weighted by molar-refractivity contribution is 5.98. The fourth-order valence-corrected chi connectivity index (χ4v) is 3.48. The minimum Gasteiger partial charge on any atom is -0.298 e. The Hall–Kier alpha value is -2.87. The Bertz CT molecular complexity index is 913. The lowest BCUT2D eigenvalue weighted by molar-refractivity contribution is -0.347. The molecule has 0 amide bonds. The summed E-state index contributed by atoms with van der Waals surface area (Å²) in [6.07, 6.45) is 9.91. The highest BCUT2D eigenvalue weighted by Gasteiger charge is 2.30. The van der Waals surface area contributed by atoms with Gasteiger partial charge in [-0.15, -0.1) is 0 Å². The van der Waals surface area contributed by atoms with Crippen molar-refractivity contribution < 1.29 is 4.99 Å². The molecule has 2 nitrogen and oxygen atoms in total. The maximum Gasteiger partial charge on any atom is 0.227 e. The van der Waals surface area contributed by atoms with Gasteiger partial charge in [-0.3, -0.25) is 4.90 Å². The van der Waals surface area contributed by atoms with Crippen LogP contribution < -0.4 is 9.89 Å². The molecule has 104 valence electrons. The topological polar surface area (TPSA) is 17.2 Å². The Kier molecular flexibility index (Phi) is 2.30. The Morgan fingerprint density at radius 3 is 2.55 bits per heavy atom. The number of hydrogen-bond acceptors (Lipinski definition) is 1. The van der Waals surface area contributed by atoms with Gasteiger partial charge >= 0.3 is 0 Å². The summed E-state index contributed by atoms with van der Waals surface area (Å²) in [7, 11) is 0. The van der Waals surface area contributed by atoms with Crippen LogP contribution in [0.1, 0.15) is 12.0 Å². The molecule has 1 N–H and O–H groups in total. The van der Waals surface area contributed by atoms with Gasteiger partial charge in [0.1, 0.15) is 11.4 Å². The largest absolute Gasteiger partial charge is 0.298 e. The van der Waals surface area contributed by atoms with E-state index in [-0.39, 0.29) is 0 Å². The maximum absolute atomic E-state index is 3.44. The predicted molar refractivity (Wildman–Crippen MR) is 90.5 cm³/mol. The van der Waals surface area contributed by atoms with Crippen LogP contribution in [0.25, 0.3) is 5.57 Å². The van der Waals surface area contributed by atoms with E-state index in [1.807, 2.05) is 0 Å². The zero-order valence-electron chi connectivity index (χ0n) is 12.1. The number of allylic oxidation sites excluding steroid dienone is 6. The lowest BCUT2D eigenvalue weighted by atomic mass is 9.90. The zero-order chi connectivity index (χ0) is 14.5. The molecule has 2 heteroatoms. The molecule has 0 aromatic heterocycles. The van der Waals surface area contributed by atoms with Crippen molar-refractivity contribution in [3.8, 4) is 0 Å². The first kappa shape index (κ1) is 11.8. The standard InChI is InChI=1S/C20H14N2/c1-3-7-18-16(5-1)14-9-11-15(12-10-14)20-13-21-17-6-2-4-8-19(17)22(18)20/h1-11,13H,12H2/p+1. The van der Waals surface area contributed by atoms with Gasteiger partial charge < -0.3 is 0 Å². The van der Waals surface area contributed by atoms with Crippen molar-refractivity contribution in [2.45, 2.75) is 6.42 Å². The van der Waals surface area contributed by atoms with Gasteiger partial charge in [-0.1, -0.05) is 48.6 Å². The molecule has 22 heavy (non-hydrogen) atoms. The highest BCUT2D eigenvalue weighted by Crippen LogP contribution is 2.43. The Labute approximate surface area is 129 Å². The van der Waals surface area contributed by atoms with Gasteiger partial charge in [-0.05, 0) is 29.7 Å². The minimum atomic E-state index is 0.979. The van der Waals surface area contributed by atoms with Gasteiger partial charge in [-0.25, -0.2) is 4.99 Å². The van der Waals surface area contributed by atoms with Crippen molar-refractivity contribution >= 4 is 28.8 Å². The number of nitrogens with zero attached hydrogens (tertiary/aromatic N) is 1. The lowest BCUT2D eigenvalue weighted by Gasteiger charge is -2.32. The molecular weight excluding hydrogens is 268 g/mol. The molecule has 4 aliphatic rings. The number of nitrogens with one attached hydrogen (secondary N) is 1. The van der Waals surface area contributed by atoms with Crippen molar-refractivity contribution in [1.29, 1.82) is 0 Å². The first-order valence-electron chi connectivity index (χ1n) is 7.61. The van der Waals surface area contributed by atoms with E-state index in [1.165, 1.54) is 33.8 Å². The number of fused-ring (bicyclic) bond motifs is 2. The molecule has 6 rings (SSSR count). The first-order valence-corrected chi connectivity index (χ1v) is 7.61. The van der Waals surface area contributed by atoms with Crippen molar-refractivity contribution in [2.24, 2.45) is 0 Å². The van der Waals surface area contributed by atoms with E-state index in [0.717, 1.165) is 12.1 Å². The summed E-state index contributed by atoms with van der Waals surface area (Å²) < 4.78 is 0. The molecule has 2 bridgehead atoms. The van der Waals surface area contributed by atoms with Gasteiger partial charge in [0, 0.05) is 11.6 Å². The number of benzene rings is 2. The van der Waals surface area contributed by atoms with Gasteiger partial charge in [0.15, 0.2) is 6.21 Å². The van der Waals surface area contributed by atoms with Gasteiger partial charge in [0.2, 0.25) is 5.69 Å². The van der Waals surface area contributed by atoms with Crippen LogP contribution in [0.5, 0.6) is 0 Å². The van der Waals surface area contributed by atoms with Crippen molar-refractivity contribution in [2.75, 3.05) is 4.90 Å². The molecule has 3 heterocycles. The Morgan fingerprint density at radius 1 is 0.864 bits per heavy atom. The van der Waals surface area contributed by atoms with E-state index < -0.39 is 0 Å². The number of para-hydroxylation sites is 3. The van der Waals surface area contributed by atoms with Crippen LogP contribution in [0, 0.1) is 0 Å². The highest BCUT2D eigenvalue weighted by atomic mass is 15.2. The molecule has 1 aliphatic carbocycles. The van der Waals surface area contributed by atoms with Gasteiger partial charge in [-0.2, -0.15) is 0 Å². The summed E-state index contributed by atoms with van der Waals surface area (Å²) in [6.45, 7) is 0. The lowest BCUT2D eigenvalue weighted by Crippen LogP contribution is -2.65. The van der Waals surface area contributed by atoms with Crippen LogP contribution in [0.4, 0.5) is 17.1 Å². The molecule has 0 spiro atoms. The molecule has 2 aromatic rings. The van der Waals surface area contributed by atoms with Crippen LogP contribution in [-0.4, -0.2) is 6.21 Å². The second-order valence-electron chi connectivity index (χ2n) is 5.77. The molecule has 2 aromatic carbocycles. The fourth-order valence-electron chi connectivity index (χ4n) is 3.48. The van der Waals surface area contributed by atoms with E-state index in [1.54, 1.807) is 0 Å². The second kappa shape index (κ2) is 4.31. The average molecular weight is 283 g/mol. The Morgan fingerprint density at radius 2 is 1.68 bits per heavy atom. The molecule has 0 atom stereocenters. The summed E-state index contributed by atoms with van der Waals surface area (Å²) in [4.78, 5) is 5.83. The van der Waals surface area contributed by atoms with Crippen LogP contribution in [0.3, 0.4) is 0 Å². The summed E-state index contributed by atoms with van der Waals surface area (Å²) in [6, 6.07) is 17.1. The summed E-state index contributed by atoms with van der Waals surface area (Å²) in [5.41, 5.74) is 8.79. The molecular formula is C20H15N2+. The van der Waals surface area contributed by atoms with E-state index in [4.69, 9.17) is 0 Å². The Balaban J connectivity index is 1.90. The zero-order valence-corrected chi connectivity index (χ0v) is 12.1. The molecule has 0 saturated carbocycles. The van der Waals surface area contributed by atoms with E-state index in [9.17, 15) is 0 Å². The molecule has 3 aliphatic heterocycles. The fraction of sp³-hybridized carbons (Fsp3) is 0.0500. The quantitative estimate of drug-likeness (QED) is 0.785. The molecule has 0 saturated heterocycles. The third-order valence-electron chi connectivity index (χ3n) is 4.54. The van der Waals surface area contributed by atoms with E-state index in [0.29, 0.717) is 0 Å².